The van der Waals surface area contributed by atoms with Crippen LogP contribution in [0.1, 0.15) is 30.4 Å². The Labute approximate surface area is 89.9 Å². The van der Waals surface area contributed by atoms with Gasteiger partial charge >= 0.3 is 0 Å². The molecule has 3 rings (SSSR count). The highest BCUT2D eigenvalue weighted by molar-refractivity contribution is 5.42. The van der Waals surface area contributed by atoms with E-state index in [2.05, 4.69) is 18.2 Å². The van der Waals surface area contributed by atoms with E-state index in [0.29, 0.717) is 11.8 Å². The maximum absolute atomic E-state index is 9.49. The molecule has 1 heterocycles. The van der Waals surface area contributed by atoms with E-state index in [0.717, 1.165) is 25.2 Å². The molecule has 1 aliphatic heterocycles. The Morgan fingerprint density at radius 2 is 2.33 bits per heavy atom. The lowest BCUT2D eigenvalue weighted by molar-refractivity contribution is 0.169. The molecule has 0 saturated heterocycles. The molecule has 0 radical (unpaired) electrons. The minimum absolute atomic E-state index is 0.167. The number of hydrogen-bond acceptors (Lipinski definition) is 2. The molecule has 2 aliphatic rings. The number of rotatable bonds is 2. The smallest absolute Gasteiger partial charge is 0.122 e. The van der Waals surface area contributed by atoms with E-state index in [1.807, 2.05) is 6.92 Å². The molecule has 0 aromatic heterocycles. The van der Waals surface area contributed by atoms with Crippen molar-refractivity contribution in [3.8, 4) is 5.75 Å². The Bertz CT molecular complexity index is 384. The molecule has 3 atom stereocenters. The van der Waals surface area contributed by atoms with Crippen molar-refractivity contribution in [1.29, 1.82) is 0 Å². The van der Waals surface area contributed by atoms with Crippen LogP contribution >= 0.6 is 0 Å². The van der Waals surface area contributed by atoms with Crippen molar-refractivity contribution >= 4 is 0 Å². The first kappa shape index (κ1) is 9.22. The molecule has 1 N–H and O–H groups in total. The lowest BCUT2D eigenvalue weighted by atomic mass is 10.0. The zero-order valence-corrected chi connectivity index (χ0v) is 8.94. The Morgan fingerprint density at radius 1 is 1.47 bits per heavy atom. The molecular formula is C13H16O2. The molecule has 1 aromatic rings. The molecule has 2 heteroatoms. The Hall–Kier alpha value is -1.02. The van der Waals surface area contributed by atoms with E-state index < -0.39 is 0 Å². The molecule has 0 unspecified atom stereocenters. The van der Waals surface area contributed by atoms with E-state index in [1.165, 1.54) is 11.1 Å². The minimum atomic E-state index is -0.167. The fourth-order valence-corrected chi connectivity index (χ4v) is 2.57. The van der Waals surface area contributed by atoms with Gasteiger partial charge in [-0.3, -0.25) is 0 Å². The van der Waals surface area contributed by atoms with Crippen LogP contribution in [0.3, 0.4) is 0 Å². The van der Waals surface area contributed by atoms with Gasteiger partial charge in [0.05, 0.1) is 12.7 Å². The zero-order valence-electron chi connectivity index (χ0n) is 8.94. The van der Waals surface area contributed by atoms with Gasteiger partial charge in [-0.2, -0.15) is 0 Å². The van der Waals surface area contributed by atoms with Crippen molar-refractivity contribution in [2.24, 2.45) is 5.92 Å². The monoisotopic (exact) mass is 204 g/mol. The summed E-state index contributed by atoms with van der Waals surface area (Å²) in [6.07, 6.45) is 2.01. The lowest BCUT2D eigenvalue weighted by Crippen LogP contribution is -2.03. The Morgan fingerprint density at radius 3 is 3.07 bits per heavy atom. The second-order valence-electron chi connectivity index (χ2n) is 4.71. The number of ether oxygens (including phenoxy) is 1. The van der Waals surface area contributed by atoms with Crippen LogP contribution in [-0.2, 0) is 6.42 Å². The van der Waals surface area contributed by atoms with Crippen molar-refractivity contribution in [1.82, 2.24) is 0 Å². The summed E-state index contributed by atoms with van der Waals surface area (Å²) in [5, 5.41) is 9.49. The largest absolute Gasteiger partial charge is 0.493 e. The van der Waals surface area contributed by atoms with Crippen LogP contribution in [0.15, 0.2) is 18.2 Å². The first-order valence-corrected chi connectivity index (χ1v) is 5.69. The average Bonchev–Trinajstić information content (AvgIpc) is 2.89. The van der Waals surface area contributed by atoms with Gasteiger partial charge < -0.3 is 9.84 Å². The molecule has 0 amide bonds. The van der Waals surface area contributed by atoms with E-state index >= 15 is 0 Å². The third-order valence-electron chi connectivity index (χ3n) is 3.60. The van der Waals surface area contributed by atoms with Gasteiger partial charge in [-0.15, -0.1) is 0 Å². The summed E-state index contributed by atoms with van der Waals surface area (Å²) in [5.41, 5.74) is 2.72. The number of aliphatic hydroxyl groups is 1. The second-order valence-corrected chi connectivity index (χ2v) is 4.71. The molecular weight excluding hydrogens is 188 g/mol. The predicted molar refractivity (Wildman–Crippen MR) is 58.2 cm³/mol. The van der Waals surface area contributed by atoms with Crippen LogP contribution in [0.4, 0.5) is 0 Å². The van der Waals surface area contributed by atoms with Gasteiger partial charge in [0, 0.05) is 6.42 Å². The topological polar surface area (TPSA) is 29.5 Å². The summed E-state index contributed by atoms with van der Waals surface area (Å²) in [5.74, 6) is 2.11. The highest BCUT2D eigenvalue weighted by Crippen LogP contribution is 2.50. The molecule has 15 heavy (non-hydrogen) atoms. The number of benzene rings is 1. The second kappa shape index (κ2) is 3.24. The molecule has 2 nitrogen and oxygen atoms in total. The number of fused-ring (bicyclic) bond motifs is 1. The Balaban J connectivity index is 1.83. The molecule has 1 aliphatic carbocycles. The van der Waals surface area contributed by atoms with Gasteiger partial charge in [0.15, 0.2) is 0 Å². The van der Waals surface area contributed by atoms with Crippen molar-refractivity contribution < 1.29 is 9.84 Å². The van der Waals surface area contributed by atoms with E-state index in [9.17, 15) is 5.11 Å². The summed E-state index contributed by atoms with van der Waals surface area (Å²) >= 11 is 0. The van der Waals surface area contributed by atoms with Crippen molar-refractivity contribution in [3.63, 3.8) is 0 Å². The van der Waals surface area contributed by atoms with Gasteiger partial charge in [0.25, 0.3) is 0 Å². The van der Waals surface area contributed by atoms with Gasteiger partial charge in [0.1, 0.15) is 5.75 Å². The lowest BCUT2D eigenvalue weighted by Gasteiger charge is -2.05. The van der Waals surface area contributed by atoms with E-state index in [4.69, 9.17) is 4.74 Å². The van der Waals surface area contributed by atoms with Crippen LogP contribution in [-0.4, -0.2) is 17.8 Å². The van der Waals surface area contributed by atoms with Crippen molar-refractivity contribution in [2.45, 2.75) is 31.8 Å². The van der Waals surface area contributed by atoms with E-state index in [-0.39, 0.29) is 6.10 Å². The van der Waals surface area contributed by atoms with Crippen molar-refractivity contribution in [2.75, 3.05) is 6.61 Å². The fourth-order valence-electron chi connectivity index (χ4n) is 2.57. The number of aliphatic hydroxyl groups excluding tert-OH is 1. The maximum Gasteiger partial charge on any atom is 0.122 e. The average molecular weight is 204 g/mol. The van der Waals surface area contributed by atoms with Gasteiger partial charge in [-0.05, 0) is 42.4 Å². The van der Waals surface area contributed by atoms with Crippen LogP contribution in [0.25, 0.3) is 0 Å². The summed E-state index contributed by atoms with van der Waals surface area (Å²) in [6.45, 7) is 2.71. The SMILES string of the molecule is C[C@@H](O)[C@H]1C[C@@H]1c1ccc2c(c1)CCO2. The highest BCUT2D eigenvalue weighted by atomic mass is 16.5. The van der Waals surface area contributed by atoms with Crippen molar-refractivity contribution in [3.05, 3.63) is 29.3 Å². The zero-order chi connectivity index (χ0) is 10.4. The summed E-state index contributed by atoms with van der Waals surface area (Å²) in [6, 6.07) is 6.49. The van der Waals surface area contributed by atoms with Gasteiger partial charge in [-0.25, -0.2) is 0 Å². The normalized spacial score (nSPS) is 29.5. The molecule has 1 aromatic carbocycles. The predicted octanol–water partition coefficient (Wildman–Crippen LogP) is 2.11. The fraction of sp³-hybridized carbons (Fsp3) is 0.538. The highest BCUT2D eigenvalue weighted by Gasteiger charge is 2.41. The minimum Gasteiger partial charge on any atom is -0.493 e. The number of hydrogen-bond donors (Lipinski definition) is 1. The maximum atomic E-state index is 9.49. The molecule has 1 fully saturated rings. The van der Waals surface area contributed by atoms with Gasteiger partial charge in [0.2, 0.25) is 0 Å². The molecule has 1 saturated carbocycles. The summed E-state index contributed by atoms with van der Waals surface area (Å²) in [7, 11) is 0. The van der Waals surface area contributed by atoms with Gasteiger partial charge in [-0.1, -0.05) is 12.1 Å². The quantitative estimate of drug-likeness (QED) is 0.799. The van der Waals surface area contributed by atoms with Crippen LogP contribution in [0.5, 0.6) is 5.75 Å². The Kier molecular flexibility index (Phi) is 1.99. The molecule has 80 valence electrons. The first-order valence-electron chi connectivity index (χ1n) is 5.69. The third-order valence-corrected chi connectivity index (χ3v) is 3.60. The van der Waals surface area contributed by atoms with Crippen LogP contribution < -0.4 is 4.74 Å². The summed E-state index contributed by atoms with van der Waals surface area (Å²) < 4.78 is 5.48. The van der Waals surface area contributed by atoms with Crippen LogP contribution in [0, 0.1) is 5.92 Å². The summed E-state index contributed by atoms with van der Waals surface area (Å²) in [4.78, 5) is 0. The first-order chi connectivity index (χ1) is 7.25. The standard InChI is InChI=1S/C13H16O2/c1-8(14)11-7-12(11)9-2-3-13-10(6-9)4-5-15-13/h2-3,6,8,11-12,14H,4-5,7H2,1H3/t8-,11-,12-/m1/s1. The van der Waals surface area contributed by atoms with E-state index in [1.54, 1.807) is 0 Å². The molecule has 0 bridgehead atoms. The van der Waals surface area contributed by atoms with Crippen LogP contribution in [0.2, 0.25) is 0 Å². The third kappa shape index (κ3) is 1.53. The molecule has 0 spiro atoms.